The molecule has 0 spiro atoms. The molecular formula is C21H25N5O. The minimum absolute atomic E-state index is 0.183. The van der Waals surface area contributed by atoms with Crippen LogP contribution >= 0.6 is 0 Å². The Kier molecular flexibility index (Phi) is 5.16. The molecule has 27 heavy (non-hydrogen) atoms. The number of likely N-dealkylation sites (tertiary alicyclic amines) is 1. The summed E-state index contributed by atoms with van der Waals surface area (Å²) in [5.74, 6) is 1.46. The number of amides is 1. The Morgan fingerprint density at radius 2 is 2.19 bits per heavy atom. The first-order chi connectivity index (χ1) is 13.2. The highest BCUT2D eigenvalue weighted by atomic mass is 16.2. The monoisotopic (exact) mass is 363 g/mol. The summed E-state index contributed by atoms with van der Waals surface area (Å²) < 4.78 is 0. The Hall–Kier alpha value is -2.73. The van der Waals surface area contributed by atoms with Crippen molar-refractivity contribution < 1.29 is 4.79 Å². The fourth-order valence-electron chi connectivity index (χ4n) is 3.78. The number of carbonyl (C=O) groups excluding carboxylic acids is 1. The molecule has 2 aromatic heterocycles. The van der Waals surface area contributed by atoms with Crippen LogP contribution in [0.25, 0.3) is 11.0 Å². The molecule has 3 heterocycles. The van der Waals surface area contributed by atoms with Crippen molar-refractivity contribution in [3.8, 4) is 0 Å². The molecule has 0 radical (unpaired) electrons. The van der Waals surface area contributed by atoms with E-state index in [9.17, 15) is 4.79 Å². The molecule has 4 rings (SSSR count). The van der Waals surface area contributed by atoms with E-state index in [1.54, 1.807) is 6.20 Å². The number of carbonyl (C=O) groups is 1. The topological polar surface area (TPSA) is 65.1 Å². The smallest absolute Gasteiger partial charge is 0.236 e. The van der Waals surface area contributed by atoms with E-state index >= 15 is 0 Å². The third-order valence-electron chi connectivity index (χ3n) is 5.15. The third-order valence-corrected chi connectivity index (χ3v) is 5.15. The minimum Gasteiger partial charge on any atom is -0.342 e. The van der Waals surface area contributed by atoms with Crippen molar-refractivity contribution in [1.82, 2.24) is 24.8 Å². The predicted molar refractivity (Wildman–Crippen MR) is 105 cm³/mol. The van der Waals surface area contributed by atoms with E-state index in [0.29, 0.717) is 6.54 Å². The second-order valence-electron chi connectivity index (χ2n) is 7.35. The largest absolute Gasteiger partial charge is 0.342 e. The van der Waals surface area contributed by atoms with Gasteiger partial charge in [-0.3, -0.25) is 14.7 Å². The normalized spacial score (nSPS) is 17.6. The van der Waals surface area contributed by atoms with Crippen LogP contribution in [0.1, 0.15) is 30.1 Å². The van der Waals surface area contributed by atoms with Crippen LogP contribution in [0.5, 0.6) is 0 Å². The number of pyridine rings is 1. The van der Waals surface area contributed by atoms with Gasteiger partial charge in [0.1, 0.15) is 5.82 Å². The molecule has 1 saturated heterocycles. The average molecular weight is 363 g/mol. The van der Waals surface area contributed by atoms with Gasteiger partial charge in [-0.05, 0) is 43.7 Å². The van der Waals surface area contributed by atoms with Crippen LogP contribution in [0, 0.1) is 0 Å². The highest BCUT2D eigenvalue weighted by Crippen LogP contribution is 2.26. The first-order valence-corrected chi connectivity index (χ1v) is 9.49. The van der Waals surface area contributed by atoms with Crippen molar-refractivity contribution in [3.63, 3.8) is 0 Å². The van der Waals surface area contributed by atoms with Crippen molar-refractivity contribution in [2.45, 2.75) is 25.3 Å². The molecule has 1 aromatic carbocycles. The zero-order valence-corrected chi connectivity index (χ0v) is 15.6. The number of rotatable bonds is 5. The summed E-state index contributed by atoms with van der Waals surface area (Å²) in [5, 5.41) is 0. The molecule has 1 fully saturated rings. The molecular weight excluding hydrogens is 338 g/mol. The van der Waals surface area contributed by atoms with E-state index in [2.05, 4.69) is 9.97 Å². The fraction of sp³-hybridized carbons (Fsp3) is 0.381. The van der Waals surface area contributed by atoms with Crippen molar-refractivity contribution >= 4 is 16.9 Å². The summed E-state index contributed by atoms with van der Waals surface area (Å²) >= 11 is 0. The second kappa shape index (κ2) is 7.88. The lowest BCUT2D eigenvalue weighted by atomic mass is 9.97. The van der Waals surface area contributed by atoms with Crippen molar-refractivity contribution in [2.24, 2.45) is 0 Å². The van der Waals surface area contributed by atoms with Gasteiger partial charge in [0, 0.05) is 37.9 Å². The van der Waals surface area contributed by atoms with Gasteiger partial charge in [0.25, 0.3) is 0 Å². The Labute approximate surface area is 159 Å². The minimum atomic E-state index is 0.183. The third kappa shape index (κ3) is 4.17. The SMILES string of the molecule is CN(CC(=O)N1CCCC(c2nc3ccccc3[nH]2)C1)Cc1cccnc1. The van der Waals surface area contributed by atoms with Gasteiger partial charge in [-0.2, -0.15) is 0 Å². The summed E-state index contributed by atoms with van der Waals surface area (Å²) in [5.41, 5.74) is 3.17. The number of nitrogens with one attached hydrogen (secondary N) is 1. The number of aromatic nitrogens is 3. The van der Waals surface area contributed by atoms with Gasteiger partial charge in [0.2, 0.25) is 5.91 Å². The van der Waals surface area contributed by atoms with Crippen LogP contribution in [-0.2, 0) is 11.3 Å². The van der Waals surface area contributed by atoms with Crippen LogP contribution in [0.4, 0.5) is 0 Å². The number of hydrogen-bond donors (Lipinski definition) is 1. The zero-order valence-electron chi connectivity index (χ0n) is 15.6. The number of imidazole rings is 1. The quantitative estimate of drug-likeness (QED) is 0.757. The van der Waals surface area contributed by atoms with Crippen LogP contribution in [0.2, 0.25) is 0 Å². The molecule has 1 unspecified atom stereocenters. The van der Waals surface area contributed by atoms with Gasteiger partial charge in [-0.1, -0.05) is 18.2 Å². The van der Waals surface area contributed by atoms with E-state index in [-0.39, 0.29) is 11.8 Å². The molecule has 3 aromatic rings. The van der Waals surface area contributed by atoms with Crippen molar-refractivity contribution in [1.29, 1.82) is 0 Å². The standard InChI is InChI=1S/C21H25N5O/c1-25(13-16-6-4-10-22-12-16)15-20(27)26-11-5-7-17(14-26)21-23-18-8-2-3-9-19(18)24-21/h2-4,6,8-10,12,17H,5,7,11,13-15H2,1H3,(H,23,24). The van der Waals surface area contributed by atoms with Gasteiger partial charge in [0.15, 0.2) is 0 Å². The van der Waals surface area contributed by atoms with E-state index < -0.39 is 0 Å². The fourth-order valence-corrected chi connectivity index (χ4v) is 3.78. The number of aromatic amines is 1. The number of piperidine rings is 1. The van der Waals surface area contributed by atoms with Crippen LogP contribution in [0.3, 0.4) is 0 Å². The first kappa shape index (κ1) is 17.7. The number of nitrogens with zero attached hydrogens (tertiary/aromatic N) is 4. The molecule has 1 aliphatic rings. The lowest BCUT2D eigenvalue weighted by molar-refractivity contribution is -0.133. The van der Waals surface area contributed by atoms with Crippen molar-refractivity contribution in [3.05, 3.63) is 60.2 Å². The van der Waals surface area contributed by atoms with Crippen LogP contribution in [0.15, 0.2) is 48.8 Å². The maximum absolute atomic E-state index is 12.8. The van der Waals surface area contributed by atoms with Gasteiger partial charge >= 0.3 is 0 Å². The number of likely N-dealkylation sites (N-methyl/N-ethyl adjacent to an activating group) is 1. The lowest BCUT2D eigenvalue weighted by Gasteiger charge is -2.33. The number of para-hydroxylation sites is 2. The molecule has 0 aliphatic carbocycles. The molecule has 0 saturated carbocycles. The highest BCUT2D eigenvalue weighted by Gasteiger charge is 2.27. The summed E-state index contributed by atoms with van der Waals surface area (Å²) in [6, 6.07) is 12.0. The molecule has 1 aliphatic heterocycles. The van der Waals surface area contributed by atoms with E-state index in [1.807, 2.05) is 59.4 Å². The molecule has 0 bridgehead atoms. The number of H-pyrrole nitrogens is 1. The zero-order chi connectivity index (χ0) is 18.6. The molecule has 1 amide bonds. The molecule has 1 atom stereocenters. The Balaban J connectivity index is 1.37. The van der Waals surface area contributed by atoms with Crippen LogP contribution < -0.4 is 0 Å². The summed E-state index contributed by atoms with van der Waals surface area (Å²) in [6.45, 7) is 2.71. The maximum atomic E-state index is 12.8. The van der Waals surface area contributed by atoms with Gasteiger partial charge < -0.3 is 9.88 Å². The number of hydrogen-bond acceptors (Lipinski definition) is 4. The molecule has 6 nitrogen and oxygen atoms in total. The van der Waals surface area contributed by atoms with Gasteiger partial charge in [-0.15, -0.1) is 0 Å². The number of fused-ring (bicyclic) bond motifs is 1. The van der Waals surface area contributed by atoms with Gasteiger partial charge in [-0.25, -0.2) is 4.98 Å². The molecule has 6 heteroatoms. The van der Waals surface area contributed by atoms with E-state index in [1.165, 1.54) is 0 Å². The summed E-state index contributed by atoms with van der Waals surface area (Å²) in [4.78, 5) is 29.1. The maximum Gasteiger partial charge on any atom is 0.236 e. The number of benzene rings is 1. The van der Waals surface area contributed by atoms with Crippen molar-refractivity contribution in [2.75, 3.05) is 26.7 Å². The summed E-state index contributed by atoms with van der Waals surface area (Å²) in [6.07, 6.45) is 5.69. The second-order valence-corrected chi connectivity index (χ2v) is 7.35. The lowest BCUT2D eigenvalue weighted by Crippen LogP contribution is -2.43. The van der Waals surface area contributed by atoms with E-state index in [4.69, 9.17) is 4.98 Å². The molecule has 140 valence electrons. The Bertz CT molecular complexity index is 874. The average Bonchev–Trinajstić information content (AvgIpc) is 3.13. The highest BCUT2D eigenvalue weighted by molar-refractivity contribution is 5.78. The van der Waals surface area contributed by atoms with E-state index in [0.717, 1.165) is 54.9 Å². The Morgan fingerprint density at radius 3 is 3.00 bits per heavy atom. The van der Waals surface area contributed by atoms with Crippen LogP contribution in [-0.4, -0.2) is 57.3 Å². The van der Waals surface area contributed by atoms with Gasteiger partial charge in [0.05, 0.1) is 17.6 Å². The predicted octanol–water partition coefficient (Wildman–Crippen LogP) is 2.80. The summed E-state index contributed by atoms with van der Waals surface area (Å²) in [7, 11) is 1.98. The first-order valence-electron chi connectivity index (χ1n) is 9.49. The molecule has 1 N–H and O–H groups in total. The Morgan fingerprint density at radius 1 is 1.30 bits per heavy atom.